The molecule has 0 aliphatic rings. The van der Waals surface area contributed by atoms with Crippen molar-refractivity contribution in [3.8, 4) is 0 Å². The third-order valence-electron chi connectivity index (χ3n) is 3.39. The maximum atomic E-state index is 5.83. The zero-order valence-corrected chi connectivity index (χ0v) is 12.4. The van der Waals surface area contributed by atoms with Crippen LogP contribution in [-0.4, -0.2) is 9.97 Å². The molecular weight excluding hydrogens is 278 g/mol. The van der Waals surface area contributed by atoms with Gasteiger partial charge in [0.05, 0.1) is 0 Å². The Kier molecular flexibility index (Phi) is 3.54. The average molecular weight is 293 g/mol. The fraction of sp³-hybridized carbons (Fsp3) is 0.0588. The number of fused-ring (bicyclic) bond motifs is 1. The van der Waals surface area contributed by atoms with Crippen LogP contribution in [0.2, 0.25) is 0 Å². The predicted octanol–water partition coefficient (Wildman–Crippen LogP) is 3.92. The minimum absolute atomic E-state index is 0.388. The van der Waals surface area contributed by atoms with E-state index in [1.165, 1.54) is 0 Å². The van der Waals surface area contributed by atoms with E-state index in [0.29, 0.717) is 4.99 Å². The van der Waals surface area contributed by atoms with E-state index in [9.17, 15) is 0 Å². The van der Waals surface area contributed by atoms with E-state index in [2.05, 4.69) is 16.4 Å². The minimum atomic E-state index is 0.388. The maximum absolute atomic E-state index is 5.83. The number of nitrogens with zero attached hydrogens (tertiary/aromatic N) is 1. The molecule has 0 saturated heterocycles. The van der Waals surface area contributed by atoms with Crippen LogP contribution in [0.15, 0.2) is 54.9 Å². The summed E-state index contributed by atoms with van der Waals surface area (Å²) in [7, 11) is 0. The first kappa shape index (κ1) is 13.5. The molecule has 21 heavy (non-hydrogen) atoms. The van der Waals surface area contributed by atoms with E-state index >= 15 is 0 Å². The Morgan fingerprint density at radius 2 is 2.00 bits per heavy atom. The Morgan fingerprint density at radius 3 is 2.81 bits per heavy atom. The summed E-state index contributed by atoms with van der Waals surface area (Å²) in [5.74, 6) is 0. The number of pyridine rings is 1. The molecule has 0 fully saturated rings. The molecule has 4 heteroatoms. The second-order valence-corrected chi connectivity index (χ2v) is 5.38. The van der Waals surface area contributed by atoms with Gasteiger partial charge in [0.25, 0.3) is 0 Å². The summed E-state index contributed by atoms with van der Waals surface area (Å²) >= 11 is 5.15. The Balaban J connectivity index is 2.09. The maximum Gasteiger partial charge on any atom is 0.106 e. The number of nitrogens with two attached hydrogens (primary N) is 1. The van der Waals surface area contributed by atoms with Crippen LogP contribution in [0, 0.1) is 6.92 Å². The molecule has 2 aromatic carbocycles. The van der Waals surface area contributed by atoms with Gasteiger partial charge < -0.3 is 11.1 Å². The molecule has 0 amide bonds. The molecule has 3 aromatic rings. The number of hydrogen-bond donors (Lipinski definition) is 2. The van der Waals surface area contributed by atoms with Crippen LogP contribution in [0.5, 0.6) is 0 Å². The van der Waals surface area contributed by atoms with Gasteiger partial charge in [-0.15, -0.1) is 0 Å². The quantitative estimate of drug-likeness (QED) is 0.719. The lowest BCUT2D eigenvalue weighted by molar-refractivity contribution is 1.36. The standard InChI is InChI=1S/C17H15N3S/c1-11-5-6-16(13(9-11)17(18)21)20-15-4-2-3-12-7-8-19-10-14(12)15/h2-10,20H,1H3,(H2,18,21). The second kappa shape index (κ2) is 5.50. The number of aryl methyl sites for hydroxylation is 1. The molecule has 1 heterocycles. The fourth-order valence-electron chi connectivity index (χ4n) is 2.34. The first-order chi connectivity index (χ1) is 10.1. The first-order valence-electron chi connectivity index (χ1n) is 6.65. The largest absolute Gasteiger partial charge is 0.389 e. The molecule has 0 atom stereocenters. The fourth-order valence-corrected chi connectivity index (χ4v) is 2.51. The van der Waals surface area contributed by atoms with Crippen molar-refractivity contribution in [2.24, 2.45) is 5.73 Å². The highest BCUT2D eigenvalue weighted by molar-refractivity contribution is 7.80. The molecule has 0 bridgehead atoms. The van der Waals surface area contributed by atoms with Gasteiger partial charge in [-0.3, -0.25) is 4.98 Å². The highest BCUT2D eigenvalue weighted by Gasteiger charge is 2.07. The van der Waals surface area contributed by atoms with E-state index in [-0.39, 0.29) is 0 Å². The summed E-state index contributed by atoms with van der Waals surface area (Å²) in [5.41, 5.74) is 9.70. The molecule has 0 aliphatic heterocycles. The lowest BCUT2D eigenvalue weighted by atomic mass is 10.1. The number of benzene rings is 2. The van der Waals surface area contributed by atoms with Gasteiger partial charge in [-0.05, 0) is 36.6 Å². The van der Waals surface area contributed by atoms with Crippen molar-refractivity contribution in [1.82, 2.24) is 4.98 Å². The normalized spacial score (nSPS) is 10.5. The highest BCUT2D eigenvalue weighted by atomic mass is 32.1. The Hall–Kier alpha value is -2.46. The molecule has 0 radical (unpaired) electrons. The van der Waals surface area contributed by atoms with E-state index < -0.39 is 0 Å². The van der Waals surface area contributed by atoms with E-state index in [1.807, 2.05) is 49.5 Å². The number of nitrogens with one attached hydrogen (secondary N) is 1. The summed E-state index contributed by atoms with van der Waals surface area (Å²) < 4.78 is 0. The molecule has 104 valence electrons. The van der Waals surface area contributed by atoms with Gasteiger partial charge in [0.15, 0.2) is 0 Å². The van der Waals surface area contributed by atoms with Gasteiger partial charge in [0.1, 0.15) is 4.99 Å². The highest BCUT2D eigenvalue weighted by Crippen LogP contribution is 2.27. The van der Waals surface area contributed by atoms with Crippen molar-refractivity contribution in [2.45, 2.75) is 6.92 Å². The Labute approximate surface area is 128 Å². The van der Waals surface area contributed by atoms with Crippen LogP contribution in [0.1, 0.15) is 11.1 Å². The van der Waals surface area contributed by atoms with Gasteiger partial charge in [-0.25, -0.2) is 0 Å². The summed E-state index contributed by atoms with van der Waals surface area (Å²) in [6.07, 6.45) is 3.64. The summed E-state index contributed by atoms with van der Waals surface area (Å²) in [6, 6.07) is 14.1. The smallest absolute Gasteiger partial charge is 0.106 e. The van der Waals surface area contributed by atoms with E-state index in [0.717, 1.165) is 33.3 Å². The van der Waals surface area contributed by atoms with E-state index in [1.54, 1.807) is 6.20 Å². The minimum Gasteiger partial charge on any atom is -0.389 e. The van der Waals surface area contributed by atoms with Crippen LogP contribution in [-0.2, 0) is 0 Å². The topological polar surface area (TPSA) is 50.9 Å². The van der Waals surface area contributed by atoms with Crippen molar-refractivity contribution in [2.75, 3.05) is 5.32 Å². The summed E-state index contributed by atoms with van der Waals surface area (Å²) in [5, 5.41) is 5.62. The van der Waals surface area contributed by atoms with Crippen LogP contribution in [0.3, 0.4) is 0 Å². The van der Waals surface area contributed by atoms with Gasteiger partial charge in [0, 0.05) is 34.7 Å². The third-order valence-corrected chi connectivity index (χ3v) is 3.61. The van der Waals surface area contributed by atoms with Gasteiger partial charge in [0.2, 0.25) is 0 Å². The molecule has 0 aliphatic carbocycles. The SMILES string of the molecule is Cc1ccc(Nc2cccc3ccncc23)c(C(N)=S)c1. The molecule has 1 aromatic heterocycles. The lowest BCUT2D eigenvalue weighted by Crippen LogP contribution is -2.12. The van der Waals surface area contributed by atoms with Crippen molar-refractivity contribution in [3.63, 3.8) is 0 Å². The monoisotopic (exact) mass is 293 g/mol. The molecule has 0 unspecified atom stereocenters. The molecule has 0 saturated carbocycles. The number of aromatic nitrogens is 1. The van der Waals surface area contributed by atoms with Gasteiger partial charge >= 0.3 is 0 Å². The lowest BCUT2D eigenvalue weighted by Gasteiger charge is -2.13. The van der Waals surface area contributed by atoms with Crippen LogP contribution < -0.4 is 11.1 Å². The van der Waals surface area contributed by atoms with Crippen molar-refractivity contribution >= 4 is 39.4 Å². The third kappa shape index (κ3) is 2.71. The number of thiocarbonyl (C=S) groups is 1. The molecule has 0 spiro atoms. The van der Waals surface area contributed by atoms with Crippen molar-refractivity contribution in [3.05, 3.63) is 66.0 Å². The summed E-state index contributed by atoms with van der Waals surface area (Å²) in [4.78, 5) is 4.58. The van der Waals surface area contributed by atoms with Crippen molar-refractivity contribution < 1.29 is 0 Å². The average Bonchev–Trinajstić information content (AvgIpc) is 2.49. The Bertz CT molecular complexity index is 822. The molecule has 3 nitrogen and oxygen atoms in total. The van der Waals surface area contributed by atoms with Crippen LogP contribution in [0.25, 0.3) is 10.8 Å². The summed E-state index contributed by atoms with van der Waals surface area (Å²) in [6.45, 7) is 2.02. The van der Waals surface area contributed by atoms with Crippen molar-refractivity contribution in [1.29, 1.82) is 0 Å². The molecule has 3 N–H and O–H groups in total. The predicted molar refractivity (Wildman–Crippen MR) is 92.1 cm³/mol. The molecular formula is C17H15N3S. The second-order valence-electron chi connectivity index (χ2n) is 4.94. The van der Waals surface area contributed by atoms with Crippen LogP contribution in [0.4, 0.5) is 11.4 Å². The van der Waals surface area contributed by atoms with Gasteiger partial charge in [-0.2, -0.15) is 0 Å². The zero-order valence-electron chi connectivity index (χ0n) is 11.6. The zero-order chi connectivity index (χ0) is 14.8. The number of rotatable bonds is 3. The number of hydrogen-bond acceptors (Lipinski definition) is 3. The van der Waals surface area contributed by atoms with Crippen LogP contribution >= 0.6 is 12.2 Å². The van der Waals surface area contributed by atoms with Gasteiger partial charge in [-0.1, -0.05) is 36.0 Å². The number of anilines is 2. The first-order valence-corrected chi connectivity index (χ1v) is 7.06. The van der Waals surface area contributed by atoms with E-state index in [4.69, 9.17) is 18.0 Å². The Morgan fingerprint density at radius 1 is 1.14 bits per heavy atom. The molecule has 3 rings (SSSR count).